The minimum absolute atomic E-state index is 0. The number of hydrogen-bond donors (Lipinski definition) is 2. The first-order chi connectivity index (χ1) is 8.99. The molecule has 0 fully saturated rings. The Morgan fingerprint density at radius 2 is 1.70 bits per heavy atom. The number of rotatable bonds is 3. The maximum absolute atomic E-state index is 3.51. The molecule has 2 nitrogen and oxygen atoms in total. The number of aromatic nitrogens is 1. The van der Waals surface area contributed by atoms with Gasteiger partial charge < -0.3 is 22.0 Å². The zero-order valence-corrected chi connectivity index (χ0v) is 15.0. The maximum Gasteiger partial charge on any atom is 0.209 e. The predicted molar refractivity (Wildman–Crippen MR) is 82.3 cm³/mol. The van der Waals surface area contributed by atoms with Crippen LogP contribution in [-0.2, 0) is 6.42 Å². The molecule has 20 heavy (non-hydrogen) atoms. The summed E-state index contributed by atoms with van der Waals surface area (Å²) in [7, 11) is 0. The Morgan fingerprint density at radius 3 is 2.15 bits per heavy atom. The molecule has 3 heteroatoms. The third-order valence-electron chi connectivity index (χ3n) is 4.26. The summed E-state index contributed by atoms with van der Waals surface area (Å²) in [6.45, 7) is 13.2. The first kappa shape index (κ1) is 17.0. The predicted octanol–water partition coefficient (Wildman–Crippen LogP) is -0.180. The van der Waals surface area contributed by atoms with Gasteiger partial charge in [0, 0.05) is 35.5 Å². The third-order valence-corrected chi connectivity index (χ3v) is 4.26. The van der Waals surface area contributed by atoms with Crippen molar-refractivity contribution in [1.82, 2.24) is 4.98 Å². The van der Waals surface area contributed by atoms with Crippen LogP contribution in [0.3, 0.4) is 0 Å². The van der Waals surface area contributed by atoms with E-state index < -0.39 is 0 Å². The molecule has 0 saturated carbocycles. The summed E-state index contributed by atoms with van der Waals surface area (Å²) in [5, 5.41) is 0. The Labute approximate surface area is 132 Å². The summed E-state index contributed by atoms with van der Waals surface area (Å²) in [5.41, 5.74) is 10.7. The van der Waals surface area contributed by atoms with E-state index in [9.17, 15) is 0 Å². The molecular weight excluding hydrogens is 312 g/mol. The molecule has 0 aliphatic carbocycles. The van der Waals surface area contributed by atoms with E-state index in [1.165, 1.54) is 45.1 Å². The number of H-pyrrole nitrogens is 1. The van der Waals surface area contributed by atoms with E-state index in [0.29, 0.717) is 0 Å². The molecule has 0 atom stereocenters. The van der Waals surface area contributed by atoms with Gasteiger partial charge in [-0.3, -0.25) is 0 Å². The lowest BCUT2D eigenvalue weighted by Gasteiger charge is -1.96. The second-order valence-corrected chi connectivity index (χ2v) is 5.39. The quantitative estimate of drug-likeness (QED) is 0.767. The van der Waals surface area contributed by atoms with E-state index in [2.05, 4.69) is 57.6 Å². The smallest absolute Gasteiger partial charge is 0.209 e. The van der Waals surface area contributed by atoms with Crippen molar-refractivity contribution in [3.8, 4) is 0 Å². The summed E-state index contributed by atoms with van der Waals surface area (Å²) in [4.78, 5) is 7.02. The zero-order valence-electron chi connectivity index (χ0n) is 13.4. The lowest BCUT2D eigenvalue weighted by Crippen LogP contribution is -3.00. The number of aromatic amines is 1. The van der Waals surface area contributed by atoms with Crippen LogP contribution in [0.1, 0.15) is 56.6 Å². The third kappa shape index (κ3) is 2.83. The van der Waals surface area contributed by atoms with Crippen molar-refractivity contribution in [1.29, 1.82) is 0 Å². The van der Waals surface area contributed by atoms with E-state index in [-0.39, 0.29) is 17.0 Å². The van der Waals surface area contributed by atoms with Gasteiger partial charge in [-0.1, -0.05) is 13.8 Å². The standard InChI is InChI=1S/C17H24N2.BrH/c1-7-14-10(3)16(18-12(14)5)9-17-11(4)15(8-2)13(6)19-17;/h9,18H,7-8H2,1-6H3;1H. The van der Waals surface area contributed by atoms with Gasteiger partial charge in [0.2, 0.25) is 5.70 Å². The van der Waals surface area contributed by atoms with Crippen LogP contribution in [0.2, 0.25) is 0 Å². The molecule has 1 aromatic heterocycles. The lowest BCUT2D eigenvalue weighted by molar-refractivity contribution is -0.386. The van der Waals surface area contributed by atoms with Crippen molar-refractivity contribution in [3.63, 3.8) is 0 Å². The summed E-state index contributed by atoms with van der Waals surface area (Å²) >= 11 is 0. The molecule has 0 bridgehead atoms. The first-order valence-electron chi connectivity index (χ1n) is 7.20. The van der Waals surface area contributed by atoms with Gasteiger partial charge >= 0.3 is 0 Å². The molecule has 2 N–H and O–H groups in total. The van der Waals surface area contributed by atoms with Crippen molar-refractivity contribution in [2.45, 2.75) is 54.4 Å². The summed E-state index contributed by atoms with van der Waals surface area (Å²) in [5.74, 6) is 0. The minimum atomic E-state index is 0. The highest BCUT2D eigenvalue weighted by molar-refractivity contribution is 5.97. The van der Waals surface area contributed by atoms with Crippen molar-refractivity contribution in [2.75, 3.05) is 0 Å². The lowest BCUT2D eigenvalue weighted by atomic mass is 10.0. The van der Waals surface area contributed by atoms with Gasteiger partial charge in [0.15, 0.2) is 5.71 Å². The molecule has 1 aromatic rings. The molecule has 0 spiro atoms. The fourth-order valence-corrected chi connectivity index (χ4v) is 3.12. The van der Waals surface area contributed by atoms with Crippen LogP contribution >= 0.6 is 0 Å². The summed E-state index contributed by atoms with van der Waals surface area (Å²) in [6.07, 6.45) is 4.43. The molecule has 2 heterocycles. The fourth-order valence-electron chi connectivity index (χ4n) is 3.12. The van der Waals surface area contributed by atoms with E-state index >= 15 is 0 Å². The second-order valence-electron chi connectivity index (χ2n) is 5.39. The fraction of sp³-hybridized carbons (Fsp3) is 0.471. The molecule has 1 aliphatic rings. The number of halogens is 1. The number of allylic oxidation sites excluding steroid dienone is 2. The van der Waals surface area contributed by atoms with E-state index in [1.807, 2.05) is 0 Å². The average molecular weight is 337 g/mol. The molecule has 2 rings (SSSR count). The van der Waals surface area contributed by atoms with Crippen molar-refractivity contribution in [3.05, 3.63) is 39.4 Å². The van der Waals surface area contributed by atoms with Gasteiger partial charge in [0.25, 0.3) is 0 Å². The molecule has 0 aromatic carbocycles. The van der Waals surface area contributed by atoms with Gasteiger partial charge in [0.05, 0.1) is 0 Å². The molecule has 110 valence electrons. The van der Waals surface area contributed by atoms with Gasteiger partial charge in [0.1, 0.15) is 0 Å². The topological polar surface area (TPSA) is 29.8 Å². The highest BCUT2D eigenvalue weighted by atomic mass is 79.9. The molecule has 0 amide bonds. The van der Waals surface area contributed by atoms with E-state index in [1.54, 1.807) is 0 Å². The van der Waals surface area contributed by atoms with Crippen LogP contribution in [-0.4, -0.2) is 10.7 Å². The number of aryl methyl sites for hydroxylation is 1. The highest BCUT2D eigenvalue weighted by Gasteiger charge is 2.23. The SMILES string of the molecule is CCC1=C(C)C(=Cc2[nH]c(C)c(CC)c2C)[NH+]=C1C.[Br-]. The Hall–Kier alpha value is -1.09. The van der Waals surface area contributed by atoms with Gasteiger partial charge in [-0.15, -0.1) is 0 Å². The monoisotopic (exact) mass is 336 g/mol. The average Bonchev–Trinajstić information content (AvgIpc) is 2.78. The second kappa shape index (κ2) is 6.57. The van der Waals surface area contributed by atoms with Crippen LogP contribution in [0.4, 0.5) is 0 Å². The Kier molecular flexibility index (Phi) is 5.58. The minimum Gasteiger partial charge on any atom is -1.00 e. The van der Waals surface area contributed by atoms with E-state index in [0.717, 1.165) is 12.8 Å². The van der Waals surface area contributed by atoms with Crippen LogP contribution in [0.15, 0.2) is 16.8 Å². The zero-order chi connectivity index (χ0) is 14.2. The highest BCUT2D eigenvalue weighted by Crippen LogP contribution is 2.23. The number of nitrogens with one attached hydrogen (secondary N) is 2. The van der Waals surface area contributed by atoms with Crippen LogP contribution in [0.5, 0.6) is 0 Å². The number of hydrogen-bond acceptors (Lipinski definition) is 0. The van der Waals surface area contributed by atoms with Gasteiger partial charge in [-0.05, 0) is 44.7 Å². The normalized spacial score (nSPS) is 16.7. The Balaban J connectivity index is 0.00000200. The molecule has 0 radical (unpaired) electrons. The molecular formula is C17H25BrN2. The summed E-state index contributed by atoms with van der Waals surface area (Å²) < 4.78 is 0. The van der Waals surface area contributed by atoms with Gasteiger partial charge in [-0.2, -0.15) is 0 Å². The Morgan fingerprint density at radius 1 is 1.05 bits per heavy atom. The van der Waals surface area contributed by atoms with Crippen LogP contribution in [0.25, 0.3) is 6.08 Å². The summed E-state index contributed by atoms with van der Waals surface area (Å²) in [6, 6.07) is 0. The molecule has 1 aliphatic heterocycles. The van der Waals surface area contributed by atoms with Crippen LogP contribution < -0.4 is 22.0 Å². The van der Waals surface area contributed by atoms with Crippen molar-refractivity contribution < 1.29 is 22.0 Å². The maximum atomic E-state index is 3.51. The van der Waals surface area contributed by atoms with Crippen molar-refractivity contribution >= 4 is 11.8 Å². The van der Waals surface area contributed by atoms with E-state index in [4.69, 9.17) is 0 Å². The molecule has 0 saturated heterocycles. The van der Waals surface area contributed by atoms with Crippen molar-refractivity contribution in [2.24, 2.45) is 0 Å². The van der Waals surface area contributed by atoms with Gasteiger partial charge in [-0.25, -0.2) is 4.99 Å². The van der Waals surface area contributed by atoms with Crippen LogP contribution in [0, 0.1) is 13.8 Å². The molecule has 0 unspecified atom stereocenters. The Bertz CT molecular complexity index is 601. The largest absolute Gasteiger partial charge is 1.00 e. The first-order valence-corrected chi connectivity index (χ1v) is 7.20.